The number of alkyl halides is 3. The van der Waals surface area contributed by atoms with E-state index in [-0.39, 0.29) is 0 Å². The molecule has 0 unspecified atom stereocenters. The fraction of sp³-hybridized carbons (Fsp3) is 0.312. The van der Waals surface area contributed by atoms with Crippen LogP contribution >= 0.6 is 0 Å². The summed E-state index contributed by atoms with van der Waals surface area (Å²) in [6, 6.07) is 6.39. The minimum atomic E-state index is -4.45. The van der Waals surface area contributed by atoms with E-state index in [2.05, 4.69) is 16.8 Å². The third-order valence-corrected chi connectivity index (χ3v) is 3.32. The standard InChI is InChI=1S/C16H12F3N/c1-10-3-2-4-13-12(8-7-11-5-6-11)9-14(16(17,18)19)20-15(10)13/h2-4,9,11H,5-6H2,1H3. The third-order valence-electron chi connectivity index (χ3n) is 3.32. The first-order valence-electron chi connectivity index (χ1n) is 6.44. The number of hydrogen-bond donors (Lipinski definition) is 0. The lowest BCUT2D eigenvalue weighted by molar-refractivity contribution is -0.140. The van der Waals surface area contributed by atoms with Gasteiger partial charge in [0.25, 0.3) is 0 Å². The van der Waals surface area contributed by atoms with E-state index in [1.165, 1.54) is 0 Å². The normalized spacial score (nSPS) is 15.0. The molecule has 2 aromatic rings. The maximum atomic E-state index is 12.9. The predicted molar refractivity (Wildman–Crippen MR) is 71.1 cm³/mol. The molecule has 0 aliphatic heterocycles. The van der Waals surface area contributed by atoms with Gasteiger partial charge in [0.2, 0.25) is 0 Å². The molecule has 0 atom stereocenters. The second kappa shape index (κ2) is 4.52. The Morgan fingerprint density at radius 2 is 2.00 bits per heavy atom. The summed E-state index contributed by atoms with van der Waals surface area (Å²) in [5, 5.41) is 0.686. The number of halogens is 3. The van der Waals surface area contributed by atoms with Crippen molar-refractivity contribution in [2.75, 3.05) is 0 Å². The van der Waals surface area contributed by atoms with Crippen LogP contribution in [0.15, 0.2) is 24.3 Å². The molecule has 0 bridgehead atoms. The Hall–Kier alpha value is -2.02. The number of aryl methyl sites for hydroxylation is 1. The molecule has 1 fully saturated rings. The lowest BCUT2D eigenvalue weighted by Crippen LogP contribution is -2.09. The number of nitrogens with zero attached hydrogens (tertiary/aromatic N) is 1. The number of benzene rings is 1. The maximum absolute atomic E-state index is 12.9. The first-order chi connectivity index (χ1) is 9.45. The highest BCUT2D eigenvalue weighted by molar-refractivity contribution is 5.87. The van der Waals surface area contributed by atoms with Crippen LogP contribution in [-0.4, -0.2) is 4.98 Å². The molecule has 0 amide bonds. The van der Waals surface area contributed by atoms with Gasteiger partial charge in [-0.2, -0.15) is 13.2 Å². The van der Waals surface area contributed by atoms with Crippen molar-refractivity contribution in [3.63, 3.8) is 0 Å². The molecule has 0 saturated heterocycles. The molecule has 1 nitrogen and oxygen atoms in total. The van der Waals surface area contributed by atoms with Crippen molar-refractivity contribution < 1.29 is 13.2 Å². The van der Waals surface area contributed by atoms with Crippen molar-refractivity contribution in [3.8, 4) is 11.8 Å². The van der Waals surface area contributed by atoms with Gasteiger partial charge >= 0.3 is 6.18 Å². The van der Waals surface area contributed by atoms with E-state index in [0.29, 0.717) is 22.4 Å². The van der Waals surface area contributed by atoms with Crippen molar-refractivity contribution >= 4 is 10.9 Å². The van der Waals surface area contributed by atoms with Gasteiger partial charge in [-0.3, -0.25) is 0 Å². The van der Waals surface area contributed by atoms with Gasteiger partial charge in [-0.1, -0.05) is 30.0 Å². The highest BCUT2D eigenvalue weighted by Gasteiger charge is 2.33. The zero-order chi connectivity index (χ0) is 14.3. The summed E-state index contributed by atoms with van der Waals surface area (Å²) < 4.78 is 38.8. The molecule has 102 valence electrons. The summed E-state index contributed by atoms with van der Waals surface area (Å²) in [6.45, 7) is 1.76. The van der Waals surface area contributed by atoms with Crippen molar-refractivity contribution in [2.45, 2.75) is 25.9 Å². The van der Waals surface area contributed by atoms with Crippen molar-refractivity contribution in [3.05, 3.63) is 41.1 Å². The maximum Gasteiger partial charge on any atom is 0.433 e. The van der Waals surface area contributed by atoms with Crippen molar-refractivity contribution in [2.24, 2.45) is 5.92 Å². The molecule has 1 aliphatic carbocycles. The fourth-order valence-electron chi connectivity index (χ4n) is 2.05. The van der Waals surface area contributed by atoms with E-state index in [4.69, 9.17) is 0 Å². The Morgan fingerprint density at radius 1 is 1.25 bits per heavy atom. The van der Waals surface area contributed by atoms with Crippen molar-refractivity contribution in [1.29, 1.82) is 0 Å². The lowest BCUT2D eigenvalue weighted by Gasteiger charge is -2.10. The van der Waals surface area contributed by atoms with Gasteiger partial charge < -0.3 is 0 Å². The van der Waals surface area contributed by atoms with E-state index in [0.717, 1.165) is 24.5 Å². The molecule has 1 aromatic heterocycles. The zero-order valence-corrected chi connectivity index (χ0v) is 10.9. The average Bonchev–Trinajstić information content (AvgIpc) is 3.19. The number of fused-ring (bicyclic) bond motifs is 1. The quantitative estimate of drug-likeness (QED) is 0.652. The summed E-state index contributed by atoms with van der Waals surface area (Å²) in [5.41, 5.74) is 0.641. The molecule has 4 heteroatoms. The summed E-state index contributed by atoms with van der Waals surface area (Å²) in [6.07, 6.45) is -2.37. The molecule has 0 spiro atoms. The van der Waals surface area contributed by atoms with E-state index in [1.54, 1.807) is 19.1 Å². The largest absolute Gasteiger partial charge is 0.433 e. The van der Waals surface area contributed by atoms with Gasteiger partial charge in [0.1, 0.15) is 5.69 Å². The average molecular weight is 275 g/mol. The van der Waals surface area contributed by atoms with Gasteiger partial charge in [-0.25, -0.2) is 4.98 Å². The lowest BCUT2D eigenvalue weighted by atomic mass is 10.0. The van der Waals surface area contributed by atoms with Crippen molar-refractivity contribution in [1.82, 2.24) is 4.98 Å². The van der Waals surface area contributed by atoms with Crippen LogP contribution in [0.25, 0.3) is 10.9 Å². The van der Waals surface area contributed by atoms with E-state index >= 15 is 0 Å². The SMILES string of the molecule is Cc1cccc2c(C#CC3CC3)cc(C(F)(F)F)nc12. The van der Waals surface area contributed by atoms with Gasteiger partial charge in [0.15, 0.2) is 0 Å². The molecule has 0 N–H and O–H groups in total. The molecule has 1 heterocycles. The number of rotatable bonds is 0. The zero-order valence-electron chi connectivity index (χ0n) is 10.9. The minimum Gasteiger partial charge on any atom is -0.243 e. The summed E-state index contributed by atoms with van der Waals surface area (Å²) >= 11 is 0. The van der Waals surface area contributed by atoms with Gasteiger partial charge in [0, 0.05) is 16.9 Å². The number of hydrogen-bond acceptors (Lipinski definition) is 1. The van der Waals surface area contributed by atoms with Crippen LogP contribution in [0, 0.1) is 24.7 Å². The molecule has 1 saturated carbocycles. The van der Waals surface area contributed by atoms with Gasteiger partial charge in [-0.15, -0.1) is 0 Å². The monoisotopic (exact) mass is 275 g/mol. The predicted octanol–water partition coefficient (Wildman–Crippen LogP) is 4.32. The summed E-state index contributed by atoms with van der Waals surface area (Å²) in [4.78, 5) is 3.76. The van der Waals surface area contributed by atoms with E-state index in [1.807, 2.05) is 6.07 Å². The Bertz CT molecular complexity index is 731. The Kier molecular flexibility index (Phi) is 2.93. The molecule has 20 heavy (non-hydrogen) atoms. The van der Waals surface area contributed by atoms with Crippen LogP contribution in [0.4, 0.5) is 13.2 Å². The molecule has 3 rings (SSSR count). The summed E-state index contributed by atoms with van der Waals surface area (Å²) in [5.74, 6) is 6.26. The van der Waals surface area contributed by atoms with Crippen LogP contribution in [0.3, 0.4) is 0 Å². The van der Waals surface area contributed by atoms with Gasteiger partial charge in [0.05, 0.1) is 5.52 Å². The molecule has 1 aliphatic rings. The van der Waals surface area contributed by atoms with Gasteiger partial charge in [-0.05, 0) is 31.4 Å². The summed E-state index contributed by atoms with van der Waals surface area (Å²) in [7, 11) is 0. The third kappa shape index (κ3) is 2.49. The Labute approximate surface area is 114 Å². The number of para-hydroxylation sites is 1. The van der Waals surface area contributed by atoms with Crippen LogP contribution in [-0.2, 0) is 6.18 Å². The smallest absolute Gasteiger partial charge is 0.243 e. The number of pyridine rings is 1. The van der Waals surface area contributed by atoms with Crippen LogP contribution in [0.1, 0.15) is 29.7 Å². The first kappa shape index (κ1) is 13.0. The minimum absolute atomic E-state index is 0.345. The molecule has 1 aromatic carbocycles. The Balaban J connectivity index is 2.25. The molecular formula is C16H12F3N. The first-order valence-corrected chi connectivity index (χ1v) is 6.44. The van der Waals surface area contributed by atoms with Crippen LogP contribution in [0.2, 0.25) is 0 Å². The fourth-order valence-corrected chi connectivity index (χ4v) is 2.05. The topological polar surface area (TPSA) is 12.9 Å². The molecule has 0 radical (unpaired) electrons. The van der Waals surface area contributed by atoms with E-state index in [9.17, 15) is 13.2 Å². The van der Waals surface area contributed by atoms with Crippen LogP contribution in [0.5, 0.6) is 0 Å². The van der Waals surface area contributed by atoms with E-state index < -0.39 is 11.9 Å². The van der Waals surface area contributed by atoms with Crippen LogP contribution < -0.4 is 0 Å². The highest BCUT2D eigenvalue weighted by atomic mass is 19.4. The molecular weight excluding hydrogens is 263 g/mol. The second-order valence-corrected chi connectivity index (χ2v) is 5.07. The Morgan fingerprint density at radius 3 is 2.65 bits per heavy atom. The highest BCUT2D eigenvalue weighted by Crippen LogP contribution is 2.32. The second-order valence-electron chi connectivity index (χ2n) is 5.07. The number of aromatic nitrogens is 1.